The summed E-state index contributed by atoms with van der Waals surface area (Å²) in [6, 6.07) is 2.00. The molecule has 1 saturated heterocycles. The Balaban J connectivity index is 1.51. The van der Waals surface area contributed by atoms with Crippen molar-refractivity contribution in [2.24, 2.45) is 0 Å². The van der Waals surface area contributed by atoms with E-state index in [0.29, 0.717) is 31.6 Å². The Morgan fingerprint density at radius 1 is 1.28 bits per heavy atom. The number of ether oxygens (including phenoxy) is 1. The number of nitrogens with one attached hydrogen (secondary N) is 3. The van der Waals surface area contributed by atoms with E-state index >= 15 is 0 Å². The lowest BCUT2D eigenvalue weighted by Gasteiger charge is -2.13. The molecular formula is C17H24N6O2. The third-order valence-electron chi connectivity index (χ3n) is 4.82. The van der Waals surface area contributed by atoms with Crippen molar-refractivity contribution >= 4 is 11.8 Å². The van der Waals surface area contributed by atoms with Crippen molar-refractivity contribution < 1.29 is 9.84 Å². The summed E-state index contributed by atoms with van der Waals surface area (Å²) >= 11 is 0. The van der Waals surface area contributed by atoms with Crippen LogP contribution in [0.1, 0.15) is 41.4 Å². The number of rotatable bonds is 7. The molecule has 2 aromatic rings. The minimum absolute atomic E-state index is 0.0439. The average Bonchev–Trinajstić information content (AvgIpc) is 3.36. The van der Waals surface area contributed by atoms with Crippen LogP contribution in [0.2, 0.25) is 0 Å². The monoisotopic (exact) mass is 344 g/mol. The van der Waals surface area contributed by atoms with E-state index in [9.17, 15) is 0 Å². The third-order valence-corrected chi connectivity index (χ3v) is 4.82. The Kier molecular flexibility index (Phi) is 4.80. The Bertz CT molecular complexity index is 726. The van der Waals surface area contributed by atoms with E-state index < -0.39 is 0 Å². The molecule has 0 unspecified atom stereocenters. The van der Waals surface area contributed by atoms with Gasteiger partial charge in [-0.25, -0.2) is 4.98 Å². The van der Waals surface area contributed by atoms with Gasteiger partial charge in [-0.2, -0.15) is 10.1 Å². The van der Waals surface area contributed by atoms with Crippen LogP contribution in [-0.4, -0.2) is 51.6 Å². The van der Waals surface area contributed by atoms with Crippen LogP contribution in [0.5, 0.6) is 0 Å². The van der Waals surface area contributed by atoms with E-state index in [2.05, 4.69) is 30.8 Å². The minimum Gasteiger partial charge on any atom is -0.395 e. The molecule has 8 nitrogen and oxygen atoms in total. The van der Waals surface area contributed by atoms with Crippen molar-refractivity contribution in [2.45, 2.75) is 38.1 Å². The summed E-state index contributed by atoms with van der Waals surface area (Å²) in [7, 11) is 0. The average molecular weight is 344 g/mol. The Morgan fingerprint density at radius 2 is 2.24 bits per heavy atom. The van der Waals surface area contributed by atoms with Gasteiger partial charge in [-0.15, -0.1) is 0 Å². The van der Waals surface area contributed by atoms with Gasteiger partial charge in [0.25, 0.3) is 0 Å². The van der Waals surface area contributed by atoms with Crippen LogP contribution >= 0.6 is 0 Å². The lowest BCUT2D eigenvalue weighted by atomic mass is 10.0. The fourth-order valence-electron chi connectivity index (χ4n) is 3.49. The summed E-state index contributed by atoms with van der Waals surface area (Å²) in [4.78, 5) is 9.09. The van der Waals surface area contributed by atoms with E-state index in [-0.39, 0.29) is 6.61 Å². The molecule has 1 fully saturated rings. The predicted octanol–water partition coefficient (Wildman–Crippen LogP) is 1.21. The second kappa shape index (κ2) is 7.37. The first-order valence-electron chi connectivity index (χ1n) is 8.94. The van der Waals surface area contributed by atoms with E-state index in [1.54, 1.807) is 0 Å². The van der Waals surface area contributed by atoms with Crippen molar-refractivity contribution in [3.05, 3.63) is 28.7 Å². The number of fused-ring (bicyclic) bond motifs is 1. The van der Waals surface area contributed by atoms with Crippen molar-refractivity contribution in [3.8, 4) is 0 Å². The molecule has 2 aromatic heterocycles. The largest absolute Gasteiger partial charge is 0.395 e. The SMILES string of the molecule is OCCNc1nc(NCc2n[nH]c3c2CCC3)cc([C@H]2CCOC2)n1. The van der Waals surface area contributed by atoms with E-state index in [1.807, 2.05) is 6.07 Å². The topological polar surface area (TPSA) is 108 Å². The number of nitrogens with zero attached hydrogens (tertiary/aromatic N) is 3. The number of aryl methyl sites for hydroxylation is 1. The number of aromatic amines is 1. The first-order valence-corrected chi connectivity index (χ1v) is 8.94. The van der Waals surface area contributed by atoms with Gasteiger partial charge in [0.2, 0.25) is 5.95 Å². The van der Waals surface area contributed by atoms with Crippen LogP contribution < -0.4 is 10.6 Å². The number of hydrogen-bond acceptors (Lipinski definition) is 7. The molecule has 134 valence electrons. The highest BCUT2D eigenvalue weighted by Gasteiger charge is 2.21. The second-order valence-corrected chi connectivity index (χ2v) is 6.55. The van der Waals surface area contributed by atoms with E-state index in [1.165, 1.54) is 17.7 Å². The summed E-state index contributed by atoms with van der Waals surface area (Å²) in [5.41, 5.74) is 4.67. The number of aromatic nitrogens is 4. The van der Waals surface area contributed by atoms with Gasteiger partial charge < -0.3 is 20.5 Å². The highest BCUT2D eigenvalue weighted by Crippen LogP contribution is 2.27. The van der Waals surface area contributed by atoms with Gasteiger partial charge >= 0.3 is 0 Å². The fourth-order valence-corrected chi connectivity index (χ4v) is 3.49. The maximum absolute atomic E-state index is 9.03. The normalized spacial score (nSPS) is 19.2. The molecular weight excluding hydrogens is 320 g/mol. The van der Waals surface area contributed by atoms with Gasteiger partial charge in [0.15, 0.2) is 0 Å². The molecule has 0 spiro atoms. The van der Waals surface area contributed by atoms with Crippen LogP contribution in [0.4, 0.5) is 11.8 Å². The van der Waals surface area contributed by atoms with Crippen molar-refractivity contribution in [2.75, 3.05) is 37.0 Å². The Morgan fingerprint density at radius 3 is 3.08 bits per heavy atom. The van der Waals surface area contributed by atoms with Crippen LogP contribution in [0.3, 0.4) is 0 Å². The van der Waals surface area contributed by atoms with Crippen molar-refractivity contribution in [3.63, 3.8) is 0 Å². The van der Waals surface area contributed by atoms with Gasteiger partial charge in [-0.1, -0.05) is 0 Å². The van der Waals surface area contributed by atoms with Gasteiger partial charge in [0.05, 0.1) is 31.1 Å². The van der Waals surface area contributed by atoms with Crippen molar-refractivity contribution in [1.29, 1.82) is 0 Å². The quantitative estimate of drug-likeness (QED) is 0.598. The second-order valence-electron chi connectivity index (χ2n) is 6.55. The fraction of sp³-hybridized carbons (Fsp3) is 0.588. The molecule has 1 atom stereocenters. The van der Waals surface area contributed by atoms with Crippen molar-refractivity contribution in [1.82, 2.24) is 20.2 Å². The molecule has 8 heteroatoms. The first kappa shape index (κ1) is 16.3. The molecule has 2 aliphatic rings. The smallest absolute Gasteiger partial charge is 0.224 e. The van der Waals surface area contributed by atoms with Crippen LogP contribution in [0.25, 0.3) is 0 Å². The summed E-state index contributed by atoms with van der Waals surface area (Å²) in [6.07, 6.45) is 4.37. The van der Waals surface area contributed by atoms with E-state index in [4.69, 9.17) is 9.84 Å². The molecule has 0 bridgehead atoms. The zero-order chi connectivity index (χ0) is 17.1. The standard InChI is InChI=1S/C17H24N6O2/c24-6-5-18-17-20-14(11-4-7-25-10-11)8-16(21-17)19-9-15-12-2-1-3-13(12)22-23-15/h8,11,24H,1-7,9-10H2,(H,22,23)(H2,18,19,20,21)/t11-/m0/s1. The predicted molar refractivity (Wildman–Crippen MR) is 93.7 cm³/mol. The first-order chi connectivity index (χ1) is 12.3. The van der Waals surface area contributed by atoms with Gasteiger partial charge in [0, 0.05) is 30.8 Å². The third kappa shape index (κ3) is 3.59. The Labute approximate surface area is 146 Å². The molecule has 0 saturated carbocycles. The lowest BCUT2D eigenvalue weighted by Crippen LogP contribution is -2.13. The molecule has 1 aliphatic heterocycles. The maximum Gasteiger partial charge on any atom is 0.224 e. The molecule has 4 rings (SSSR count). The van der Waals surface area contributed by atoms with Crippen LogP contribution in [0.15, 0.2) is 6.07 Å². The molecule has 1 aliphatic carbocycles. The summed E-state index contributed by atoms with van der Waals surface area (Å²) in [5, 5.41) is 23.0. The molecule has 0 amide bonds. The number of aliphatic hydroxyl groups excluding tert-OH is 1. The Hall–Kier alpha value is -2.19. The number of H-pyrrole nitrogens is 1. The highest BCUT2D eigenvalue weighted by atomic mass is 16.5. The number of anilines is 2. The zero-order valence-corrected chi connectivity index (χ0v) is 14.2. The zero-order valence-electron chi connectivity index (χ0n) is 14.2. The minimum atomic E-state index is 0.0439. The highest BCUT2D eigenvalue weighted by molar-refractivity contribution is 5.44. The van der Waals surface area contributed by atoms with Gasteiger partial charge in [-0.3, -0.25) is 5.10 Å². The molecule has 4 N–H and O–H groups in total. The number of aliphatic hydroxyl groups is 1. The summed E-state index contributed by atoms with van der Waals surface area (Å²) < 4.78 is 5.49. The molecule has 25 heavy (non-hydrogen) atoms. The van der Waals surface area contributed by atoms with Gasteiger partial charge in [-0.05, 0) is 31.2 Å². The van der Waals surface area contributed by atoms with Gasteiger partial charge in [0.1, 0.15) is 5.82 Å². The van der Waals surface area contributed by atoms with Crippen LogP contribution in [-0.2, 0) is 24.1 Å². The van der Waals surface area contributed by atoms with E-state index in [0.717, 1.165) is 43.1 Å². The maximum atomic E-state index is 9.03. The van der Waals surface area contributed by atoms with Crippen LogP contribution in [0, 0.1) is 0 Å². The molecule has 3 heterocycles. The number of hydrogen-bond donors (Lipinski definition) is 4. The summed E-state index contributed by atoms with van der Waals surface area (Å²) in [5.74, 6) is 1.60. The molecule has 0 aromatic carbocycles. The lowest BCUT2D eigenvalue weighted by molar-refractivity contribution is 0.193. The summed E-state index contributed by atoms with van der Waals surface area (Å²) in [6.45, 7) is 2.58. The molecule has 0 radical (unpaired) electrons.